The summed E-state index contributed by atoms with van der Waals surface area (Å²) in [6.07, 6.45) is -3.72. The molecule has 2 rings (SSSR count). The van der Waals surface area contributed by atoms with E-state index in [-0.39, 0.29) is 16.5 Å². The first-order valence-electron chi connectivity index (χ1n) is 5.87. The molecule has 114 valence electrons. The summed E-state index contributed by atoms with van der Waals surface area (Å²) in [4.78, 5) is 12.1. The van der Waals surface area contributed by atoms with Gasteiger partial charge in [0.15, 0.2) is 5.84 Å². The second-order valence-corrected chi connectivity index (χ2v) is 5.12. The van der Waals surface area contributed by atoms with E-state index in [1.165, 1.54) is 0 Å². The van der Waals surface area contributed by atoms with Gasteiger partial charge in [-0.3, -0.25) is 4.79 Å². The molecule has 0 heterocycles. The molecule has 0 radical (unpaired) electrons. The lowest BCUT2D eigenvalue weighted by atomic mass is 10.0. The zero-order valence-corrected chi connectivity index (χ0v) is 11.3. The van der Waals surface area contributed by atoms with E-state index in [0.717, 1.165) is 18.2 Å². The highest BCUT2D eigenvalue weighted by Gasteiger charge is 2.54. The van der Waals surface area contributed by atoms with Gasteiger partial charge in [-0.05, 0) is 31.0 Å². The highest BCUT2D eigenvalue weighted by Crippen LogP contribution is 2.47. The Kier molecular flexibility index (Phi) is 3.75. The molecule has 0 aliphatic heterocycles. The number of hydrogen-bond acceptors (Lipinski definition) is 3. The number of anilines is 1. The third kappa shape index (κ3) is 2.90. The normalized spacial score (nSPS) is 17.4. The van der Waals surface area contributed by atoms with Crippen LogP contribution in [-0.4, -0.2) is 17.0 Å². The number of halogens is 4. The van der Waals surface area contributed by atoms with Crippen molar-refractivity contribution in [2.45, 2.75) is 19.0 Å². The zero-order valence-electron chi connectivity index (χ0n) is 10.5. The van der Waals surface area contributed by atoms with Crippen molar-refractivity contribution in [2.24, 2.45) is 16.3 Å². The Balaban J connectivity index is 2.20. The topological polar surface area (TPSA) is 87.7 Å². The molecule has 5 nitrogen and oxygen atoms in total. The highest BCUT2D eigenvalue weighted by atomic mass is 35.5. The number of nitrogens with zero attached hydrogens (tertiary/aromatic N) is 1. The van der Waals surface area contributed by atoms with Gasteiger partial charge in [-0.1, -0.05) is 16.8 Å². The molecule has 1 aromatic carbocycles. The van der Waals surface area contributed by atoms with Crippen LogP contribution in [0.25, 0.3) is 0 Å². The van der Waals surface area contributed by atoms with Crippen LogP contribution >= 0.6 is 11.6 Å². The standard InChI is InChI=1S/C12H11ClF3N3O2/c13-7-5-6(12(14,15)16)1-2-8(7)18-10(20)11(3-4-11)9(17)19-21/h1-2,5,21H,3-4H2,(H2,17,19)(H,18,20). The molecular weight excluding hydrogens is 311 g/mol. The van der Waals surface area contributed by atoms with Crippen LogP contribution in [-0.2, 0) is 11.0 Å². The van der Waals surface area contributed by atoms with E-state index in [4.69, 9.17) is 22.5 Å². The van der Waals surface area contributed by atoms with Crippen molar-refractivity contribution in [1.82, 2.24) is 0 Å². The number of rotatable bonds is 3. The van der Waals surface area contributed by atoms with E-state index < -0.39 is 23.1 Å². The van der Waals surface area contributed by atoms with E-state index >= 15 is 0 Å². The molecule has 1 saturated carbocycles. The van der Waals surface area contributed by atoms with Crippen LogP contribution in [0.4, 0.5) is 18.9 Å². The maximum atomic E-state index is 12.5. The average molecular weight is 322 g/mol. The van der Waals surface area contributed by atoms with Crippen LogP contribution in [0, 0.1) is 5.41 Å². The number of alkyl halides is 3. The van der Waals surface area contributed by atoms with Crippen molar-refractivity contribution < 1.29 is 23.2 Å². The lowest BCUT2D eigenvalue weighted by Gasteiger charge is -2.15. The van der Waals surface area contributed by atoms with Crippen molar-refractivity contribution in [3.8, 4) is 0 Å². The largest absolute Gasteiger partial charge is 0.416 e. The van der Waals surface area contributed by atoms with Crippen LogP contribution in [0.15, 0.2) is 23.4 Å². The predicted molar refractivity (Wildman–Crippen MR) is 70.2 cm³/mol. The molecule has 1 fully saturated rings. The Morgan fingerprint density at radius 2 is 2.05 bits per heavy atom. The molecule has 0 aromatic heterocycles. The number of nitrogens with one attached hydrogen (secondary N) is 1. The monoisotopic (exact) mass is 321 g/mol. The van der Waals surface area contributed by atoms with Gasteiger partial charge in [0.25, 0.3) is 0 Å². The van der Waals surface area contributed by atoms with E-state index in [1.54, 1.807) is 0 Å². The number of oxime groups is 1. The van der Waals surface area contributed by atoms with E-state index in [1.807, 2.05) is 0 Å². The quantitative estimate of drug-likeness (QED) is 0.346. The number of benzene rings is 1. The molecule has 4 N–H and O–H groups in total. The molecule has 0 saturated heterocycles. The van der Waals surface area contributed by atoms with Gasteiger partial charge in [-0.2, -0.15) is 13.2 Å². The minimum Gasteiger partial charge on any atom is -0.409 e. The third-order valence-electron chi connectivity index (χ3n) is 3.33. The van der Waals surface area contributed by atoms with Crippen molar-refractivity contribution >= 4 is 29.0 Å². The Morgan fingerprint density at radius 1 is 1.43 bits per heavy atom. The molecule has 1 amide bonds. The number of amidine groups is 1. The van der Waals surface area contributed by atoms with Gasteiger partial charge in [-0.25, -0.2) is 0 Å². The first kappa shape index (κ1) is 15.4. The molecule has 21 heavy (non-hydrogen) atoms. The van der Waals surface area contributed by atoms with Crippen LogP contribution in [0.3, 0.4) is 0 Å². The molecule has 0 spiro atoms. The lowest BCUT2D eigenvalue weighted by Crippen LogP contribution is -2.36. The maximum Gasteiger partial charge on any atom is 0.416 e. The lowest BCUT2D eigenvalue weighted by molar-refractivity contribution is -0.137. The van der Waals surface area contributed by atoms with Crippen molar-refractivity contribution in [3.63, 3.8) is 0 Å². The van der Waals surface area contributed by atoms with Gasteiger partial charge >= 0.3 is 6.18 Å². The fourth-order valence-corrected chi connectivity index (χ4v) is 2.08. The van der Waals surface area contributed by atoms with Gasteiger partial charge in [0.05, 0.1) is 16.3 Å². The fraction of sp³-hybridized carbons (Fsp3) is 0.333. The van der Waals surface area contributed by atoms with Gasteiger partial charge in [0, 0.05) is 0 Å². The van der Waals surface area contributed by atoms with Crippen LogP contribution in [0.2, 0.25) is 5.02 Å². The van der Waals surface area contributed by atoms with Crippen LogP contribution < -0.4 is 11.1 Å². The molecule has 0 bridgehead atoms. The Hall–Kier alpha value is -1.96. The zero-order chi connectivity index (χ0) is 15.8. The molecule has 0 atom stereocenters. The summed E-state index contributed by atoms with van der Waals surface area (Å²) in [7, 11) is 0. The van der Waals surface area contributed by atoms with Crippen molar-refractivity contribution in [2.75, 3.05) is 5.32 Å². The van der Waals surface area contributed by atoms with E-state index in [9.17, 15) is 18.0 Å². The molecule has 1 aromatic rings. The predicted octanol–water partition coefficient (Wildman–Crippen LogP) is 2.82. The van der Waals surface area contributed by atoms with Crippen molar-refractivity contribution in [3.05, 3.63) is 28.8 Å². The average Bonchev–Trinajstić information content (AvgIpc) is 3.20. The second-order valence-electron chi connectivity index (χ2n) is 4.71. The number of amides is 1. The highest BCUT2D eigenvalue weighted by molar-refractivity contribution is 6.34. The summed E-state index contributed by atoms with van der Waals surface area (Å²) in [5.41, 5.74) is 3.45. The second kappa shape index (κ2) is 5.10. The van der Waals surface area contributed by atoms with E-state index in [0.29, 0.717) is 12.8 Å². The van der Waals surface area contributed by atoms with Crippen LogP contribution in [0.5, 0.6) is 0 Å². The summed E-state index contributed by atoms with van der Waals surface area (Å²) < 4.78 is 37.5. The number of hydrogen-bond donors (Lipinski definition) is 3. The van der Waals surface area contributed by atoms with Gasteiger partial charge in [-0.15, -0.1) is 0 Å². The van der Waals surface area contributed by atoms with Crippen LogP contribution in [0.1, 0.15) is 18.4 Å². The summed E-state index contributed by atoms with van der Waals surface area (Å²) >= 11 is 5.74. The Labute approximate surface area is 122 Å². The summed E-state index contributed by atoms with van der Waals surface area (Å²) in [6.45, 7) is 0. The van der Waals surface area contributed by atoms with Crippen molar-refractivity contribution in [1.29, 1.82) is 0 Å². The minimum absolute atomic E-state index is 0.0340. The molecule has 1 aliphatic rings. The fourth-order valence-electron chi connectivity index (χ4n) is 1.85. The molecular formula is C12H11ClF3N3O2. The maximum absolute atomic E-state index is 12.5. The van der Waals surface area contributed by atoms with Gasteiger partial charge < -0.3 is 16.3 Å². The minimum atomic E-state index is -4.52. The number of carbonyl (C=O) groups is 1. The van der Waals surface area contributed by atoms with Gasteiger partial charge in [0.2, 0.25) is 5.91 Å². The smallest absolute Gasteiger partial charge is 0.409 e. The molecule has 1 aliphatic carbocycles. The first-order valence-corrected chi connectivity index (χ1v) is 6.25. The first-order chi connectivity index (χ1) is 9.70. The SMILES string of the molecule is N/C(=N/O)C1(C(=O)Nc2ccc(C(F)(F)F)cc2Cl)CC1. The molecule has 9 heteroatoms. The Morgan fingerprint density at radius 3 is 2.48 bits per heavy atom. The number of carbonyl (C=O) groups excluding carboxylic acids is 1. The van der Waals surface area contributed by atoms with E-state index in [2.05, 4.69) is 10.5 Å². The third-order valence-corrected chi connectivity index (χ3v) is 3.64. The number of nitrogens with two attached hydrogens (primary N) is 1. The molecule has 0 unspecified atom stereocenters. The summed E-state index contributed by atoms with van der Waals surface area (Å²) in [6, 6.07) is 2.59. The Bertz CT molecular complexity index is 612. The summed E-state index contributed by atoms with van der Waals surface area (Å²) in [5.74, 6) is -0.803. The van der Waals surface area contributed by atoms with Gasteiger partial charge in [0.1, 0.15) is 5.41 Å². The summed E-state index contributed by atoms with van der Waals surface area (Å²) in [5, 5.41) is 13.6.